The molecule has 3 nitrogen and oxygen atoms in total. The van der Waals surface area contributed by atoms with Gasteiger partial charge in [0.25, 0.3) is 0 Å². The van der Waals surface area contributed by atoms with Crippen molar-refractivity contribution in [1.29, 1.82) is 0 Å². The molecule has 0 unspecified atom stereocenters. The molecule has 0 aliphatic rings. The number of para-hydroxylation sites is 1. The summed E-state index contributed by atoms with van der Waals surface area (Å²) in [6.45, 7) is 15.7. The first-order valence-corrected chi connectivity index (χ1v) is 15.2. The number of hydrogen-bond donors (Lipinski definition) is 0. The van der Waals surface area contributed by atoms with Crippen molar-refractivity contribution in [3.05, 3.63) is 107 Å². The third kappa shape index (κ3) is 5.13. The largest absolute Gasteiger partial charge is 0.437 e. The van der Waals surface area contributed by atoms with E-state index in [-0.39, 0.29) is 0 Å². The normalized spacial score (nSPS) is 12.0. The van der Waals surface area contributed by atoms with Gasteiger partial charge in [0.05, 0.1) is 11.4 Å². The van der Waals surface area contributed by atoms with Crippen LogP contribution in [-0.2, 0) is 6.42 Å². The Hall–Kier alpha value is -4.24. The van der Waals surface area contributed by atoms with E-state index in [1.807, 2.05) is 6.20 Å². The minimum Gasteiger partial charge on any atom is -0.437 e. The first-order valence-electron chi connectivity index (χ1n) is 15.2. The van der Waals surface area contributed by atoms with E-state index in [9.17, 15) is 0 Å². The molecule has 42 heavy (non-hydrogen) atoms. The first-order chi connectivity index (χ1) is 20.2. The SMILES string of the molecule is Cc1cc(-c2cccc3c2oc2nc(-c4c(C(C)C)cc(-c5ccccc5)cc4C(C)C)ccc23)ncc1CC(C)C. The molecule has 0 fully saturated rings. The number of benzene rings is 3. The van der Waals surface area contributed by atoms with Gasteiger partial charge >= 0.3 is 0 Å². The van der Waals surface area contributed by atoms with Crippen LogP contribution in [-0.4, -0.2) is 9.97 Å². The quantitative estimate of drug-likeness (QED) is 0.198. The van der Waals surface area contributed by atoms with E-state index >= 15 is 0 Å². The molecule has 3 aromatic carbocycles. The van der Waals surface area contributed by atoms with Gasteiger partial charge in [0.15, 0.2) is 0 Å². The molecule has 0 aliphatic heterocycles. The lowest BCUT2D eigenvalue weighted by atomic mass is 9.84. The number of nitrogens with zero attached hydrogens (tertiary/aromatic N) is 2. The zero-order chi connectivity index (χ0) is 29.5. The topological polar surface area (TPSA) is 38.9 Å². The lowest BCUT2D eigenvalue weighted by Crippen LogP contribution is -2.02. The van der Waals surface area contributed by atoms with E-state index in [0.29, 0.717) is 23.5 Å². The molecule has 6 aromatic rings. The van der Waals surface area contributed by atoms with Gasteiger partial charge in [0.2, 0.25) is 5.71 Å². The van der Waals surface area contributed by atoms with Crippen molar-refractivity contribution in [2.75, 3.05) is 0 Å². The molecule has 3 aromatic heterocycles. The van der Waals surface area contributed by atoms with Gasteiger partial charge in [-0.1, -0.05) is 96.1 Å². The molecular weight excluding hydrogens is 512 g/mol. The average Bonchev–Trinajstić information content (AvgIpc) is 3.35. The van der Waals surface area contributed by atoms with Gasteiger partial charge in [-0.05, 0) is 88.7 Å². The Bertz CT molecular complexity index is 1860. The van der Waals surface area contributed by atoms with E-state index < -0.39 is 0 Å². The van der Waals surface area contributed by atoms with E-state index in [1.54, 1.807) is 0 Å². The number of hydrogen-bond acceptors (Lipinski definition) is 3. The summed E-state index contributed by atoms with van der Waals surface area (Å²) in [6, 6.07) is 28.2. The van der Waals surface area contributed by atoms with E-state index in [0.717, 1.165) is 39.7 Å². The Morgan fingerprint density at radius 3 is 2.05 bits per heavy atom. The van der Waals surface area contributed by atoms with Gasteiger partial charge in [-0.15, -0.1) is 0 Å². The fourth-order valence-electron chi connectivity index (χ4n) is 6.10. The van der Waals surface area contributed by atoms with Crippen LogP contribution in [0.1, 0.15) is 75.6 Å². The molecule has 0 saturated heterocycles. The highest BCUT2D eigenvalue weighted by molar-refractivity contribution is 6.08. The zero-order valence-electron chi connectivity index (χ0n) is 25.8. The minimum atomic E-state index is 0.342. The minimum absolute atomic E-state index is 0.342. The molecule has 3 heteroatoms. The fraction of sp³-hybridized carbons (Fsp3) is 0.282. The average molecular weight is 553 g/mol. The molecule has 3 heterocycles. The summed E-state index contributed by atoms with van der Waals surface area (Å²) >= 11 is 0. The molecule has 6 rings (SSSR count). The Morgan fingerprint density at radius 1 is 0.690 bits per heavy atom. The standard InChI is InChI=1S/C39H40N2O/c1-23(2)18-29-22-40-36(19-26(29)7)32-15-11-14-30-31-16-17-35(41-39(31)42-38(30)32)37-33(24(3)4)20-28(21-34(37)25(5)6)27-12-9-8-10-13-27/h8-17,19-25H,18H2,1-7H3. The van der Waals surface area contributed by atoms with Gasteiger partial charge in [-0.2, -0.15) is 0 Å². The molecule has 0 radical (unpaired) electrons. The van der Waals surface area contributed by atoms with Crippen molar-refractivity contribution in [2.45, 2.75) is 66.7 Å². The summed E-state index contributed by atoms with van der Waals surface area (Å²) in [7, 11) is 0. The number of furan rings is 1. The number of aromatic nitrogens is 2. The molecule has 0 atom stereocenters. The molecule has 0 amide bonds. The van der Waals surface area contributed by atoms with E-state index in [4.69, 9.17) is 14.4 Å². The highest BCUT2D eigenvalue weighted by atomic mass is 16.3. The lowest BCUT2D eigenvalue weighted by Gasteiger charge is -2.21. The monoisotopic (exact) mass is 552 g/mol. The van der Waals surface area contributed by atoms with Gasteiger partial charge in [-0.3, -0.25) is 4.98 Å². The second kappa shape index (κ2) is 11.2. The van der Waals surface area contributed by atoms with Crippen LogP contribution < -0.4 is 0 Å². The highest BCUT2D eigenvalue weighted by Gasteiger charge is 2.21. The zero-order valence-corrected chi connectivity index (χ0v) is 25.8. The van der Waals surface area contributed by atoms with Crippen molar-refractivity contribution in [1.82, 2.24) is 9.97 Å². The Kier molecular flexibility index (Phi) is 7.45. The summed E-state index contributed by atoms with van der Waals surface area (Å²) in [5, 5.41) is 2.10. The molecule has 212 valence electrons. The van der Waals surface area contributed by atoms with Crippen LogP contribution in [0, 0.1) is 12.8 Å². The van der Waals surface area contributed by atoms with Gasteiger partial charge in [-0.25, -0.2) is 4.98 Å². The number of rotatable bonds is 7. The smallest absolute Gasteiger partial charge is 0.227 e. The van der Waals surface area contributed by atoms with Crippen molar-refractivity contribution in [2.24, 2.45) is 5.92 Å². The molecular formula is C39H40N2O. The van der Waals surface area contributed by atoms with Crippen LogP contribution in [0.3, 0.4) is 0 Å². The maximum atomic E-state index is 6.58. The van der Waals surface area contributed by atoms with Crippen LogP contribution in [0.25, 0.3) is 55.7 Å². The van der Waals surface area contributed by atoms with Crippen LogP contribution in [0.15, 0.2) is 89.5 Å². The second-order valence-electron chi connectivity index (χ2n) is 12.6. The molecule has 0 aliphatic carbocycles. The van der Waals surface area contributed by atoms with Crippen LogP contribution in [0.4, 0.5) is 0 Å². The summed E-state index contributed by atoms with van der Waals surface area (Å²) in [5.41, 5.74) is 13.3. The fourth-order valence-corrected chi connectivity index (χ4v) is 6.10. The first kappa shape index (κ1) is 27.9. The molecule has 0 saturated carbocycles. The molecule has 0 N–H and O–H groups in total. The van der Waals surface area contributed by atoms with Crippen molar-refractivity contribution >= 4 is 22.1 Å². The number of fused-ring (bicyclic) bond motifs is 3. The van der Waals surface area contributed by atoms with Crippen LogP contribution in [0.2, 0.25) is 0 Å². The van der Waals surface area contributed by atoms with Crippen molar-refractivity contribution < 1.29 is 4.42 Å². The molecule has 0 spiro atoms. The summed E-state index contributed by atoms with van der Waals surface area (Å²) < 4.78 is 6.58. The Labute approximate surface area is 249 Å². The Balaban J connectivity index is 1.51. The third-order valence-corrected chi connectivity index (χ3v) is 8.29. The summed E-state index contributed by atoms with van der Waals surface area (Å²) in [4.78, 5) is 10.0. The van der Waals surface area contributed by atoms with Gasteiger partial charge in [0, 0.05) is 28.1 Å². The van der Waals surface area contributed by atoms with Crippen LogP contribution >= 0.6 is 0 Å². The van der Waals surface area contributed by atoms with E-state index in [2.05, 4.69) is 127 Å². The van der Waals surface area contributed by atoms with Crippen LogP contribution in [0.5, 0.6) is 0 Å². The maximum absolute atomic E-state index is 6.58. The maximum Gasteiger partial charge on any atom is 0.227 e. The number of pyridine rings is 2. The van der Waals surface area contributed by atoms with Gasteiger partial charge < -0.3 is 4.42 Å². The lowest BCUT2D eigenvalue weighted by molar-refractivity contribution is 0.643. The number of aryl methyl sites for hydroxylation is 1. The molecule has 0 bridgehead atoms. The highest BCUT2D eigenvalue weighted by Crippen LogP contribution is 2.41. The Morgan fingerprint density at radius 2 is 1.40 bits per heavy atom. The van der Waals surface area contributed by atoms with Crippen molar-refractivity contribution in [3.63, 3.8) is 0 Å². The van der Waals surface area contributed by atoms with Gasteiger partial charge in [0.1, 0.15) is 5.58 Å². The predicted octanol–water partition coefficient (Wildman–Crippen LogP) is 11.1. The second-order valence-corrected chi connectivity index (χ2v) is 12.6. The third-order valence-electron chi connectivity index (χ3n) is 8.29. The summed E-state index contributed by atoms with van der Waals surface area (Å²) in [6.07, 6.45) is 3.06. The summed E-state index contributed by atoms with van der Waals surface area (Å²) in [5.74, 6) is 1.28. The van der Waals surface area contributed by atoms with Crippen molar-refractivity contribution in [3.8, 4) is 33.6 Å². The van der Waals surface area contributed by atoms with E-state index in [1.165, 1.54) is 38.9 Å². The predicted molar refractivity (Wildman–Crippen MR) is 177 cm³/mol.